The Kier molecular flexibility index (Phi) is 11.5. The molecule has 3 rings (SSSR count). The maximum absolute atomic E-state index is 12.5. The molecule has 174 valence electrons. The topological polar surface area (TPSA) is 133 Å². The van der Waals surface area contributed by atoms with E-state index < -0.39 is 5.97 Å². The summed E-state index contributed by atoms with van der Waals surface area (Å²) >= 11 is 0. The minimum atomic E-state index is -0.590. The quantitative estimate of drug-likeness (QED) is 0.175. The van der Waals surface area contributed by atoms with Crippen LogP contribution in [0.4, 0.5) is 5.69 Å². The number of rotatable bonds is 7. The van der Waals surface area contributed by atoms with Gasteiger partial charge in [-0.3, -0.25) is 15.1 Å². The Balaban J connectivity index is 0.00000256. The predicted molar refractivity (Wildman–Crippen MR) is 130 cm³/mol. The molecule has 11 heteroatoms. The minimum Gasteiger partial charge on any atom is -0.423 e. The van der Waals surface area contributed by atoms with Crippen LogP contribution < -0.4 is 26.4 Å². The van der Waals surface area contributed by atoms with Crippen LogP contribution in [-0.4, -0.2) is 62.0 Å². The van der Waals surface area contributed by atoms with E-state index in [1.165, 1.54) is 0 Å². The van der Waals surface area contributed by atoms with E-state index in [1.54, 1.807) is 48.5 Å². The molecule has 0 saturated carbocycles. The number of nitrogens with one attached hydrogen (secondary N) is 4. The van der Waals surface area contributed by atoms with E-state index in [0.717, 1.165) is 32.7 Å². The third kappa shape index (κ3) is 8.01. The highest BCUT2D eigenvalue weighted by Gasteiger charge is 2.15. The van der Waals surface area contributed by atoms with Crippen LogP contribution >= 0.6 is 24.8 Å². The van der Waals surface area contributed by atoms with Gasteiger partial charge in [0.2, 0.25) is 0 Å². The van der Waals surface area contributed by atoms with Crippen molar-refractivity contribution in [2.75, 3.05) is 44.6 Å². The van der Waals surface area contributed by atoms with Crippen molar-refractivity contribution in [3.8, 4) is 5.75 Å². The number of anilines is 1. The smallest absolute Gasteiger partial charge is 0.345 e. The molecule has 1 saturated heterocycles. The number of benzene rings is 2. The lowest BCUT2D eigenvalue weighted by Crippen LogP contribution is -2.46. The first-order valence-electron chi connectivity index (χ1n) is 9.76. The van der Waals surface area contributed by atoms with Gasteiger partial charge in [0.05, 0.1) is 11.3 Å². The lowest BCUT2D eigenvalue weighted by molar-refractivity contribution is 0.0736. The van der Waals surface area contributed by atoms with Crippen molar-refractivity contribution in [2.45, 2.75) is 0 Å². The van der Waals surface area contributed by atoms with Crippen LogP contribution in [0.1, 0.15) is 20.7 Å². The van der Waals surface area contributed by atoms with E-state index in [0.29, 0.717) is 23.5 Å². The summed E-state index contributed by atoms with van der Waals surface area (Å²) in [7, 11) is 0. The molecule has 0 radical (unpaired) electrons. The monoisotopic (exact) mass is 482 g/mol. The first kappa shape index (κ1) is 27.2. The molecular formula is C21H28Cl2N6O3. The highest BCUT2D eigenvalue weighted by molar-refractivity contribution is 6.01. The molecule has 0 unspecified atom stereocenters. The minimum absolute atomic E-state index is 0. The summed E-state index contributed by atoms with van der Waals surface area (Å²) in [6, 6.07) is 13.0. The van der Waals surface area contributed by atoms with Crippen molar-refractivity contribution in [1.82, 2.24) is 15.5 Å². The summed E-state index contributed by atoms with van der Waals surface area (Å²) in [6.45, 7) is 5.32. The third-order valence-corrected chi connectivity index (χ3v) is 4.67. The number of nitrogens with two attached hydrogens (primary N) is 1. The number of carbonyl (C=O) groups excluding carboxylic acids is 2. The van der Waals surface area contributed by atoms with E-state index in [1.807, 2.05) is 0 Å². The zero-order valence-corrected chi connectivity index (χ0v) is 19.1. The second-order valence-electron chi connectivity index (χ2n) is 6.85. The summed E-state index contributed by atoms with van der Waals surface area (Å²) in [5, 5.41) is 16.1. The Hall–Kier alpha value is -2.85. The highest BCUT2D eigenvalue weighted by Crippen LogP contribution is 2.19. The van der Waals surface area contributed by atoms with E-state index >= 15 is 0 Å². The first-order chi connectivity index (χ1) is 14.5. The maximum Gasteiger partial charge on any atom is 0.345 e. The first-order valence-corrected chi connectivity index (χ1v) is 9.76. The average molecular weight is 483 g/mol. The van der Waals surface area contributed by atoms with Crippen LogP contribution in [0.5, 0.6) is 5.75 Å². The number of para-hydroxylation sites is 1. The molecule has 1 aliphatic heterocycles. The molecule has 9 nitrogen and oxygen atoms in total. The van der Waals surface area contributed by atoms with Gasteiger partial charge in [-0.15, -0.1) is 24.8 Å². The number of guanidine groups is 1. The lowest BCUT2D eigenvalue weighted by atomic mass is 10.1. The molecule has 6 N–H and O–H groups in total. The largest absolute Gasteiger partial charge is 0.423 e. The van der Waals surface area contributed by atoms with Gasteiger partial charge in [0.25, 0.3) is 5.91 Å². The molecular weight excluding hydrogens is 455 g/mol. The molecule has 0 aliphatic carbocycles. The van der Waals surface area contributed by atoms with Gasteiger partial charge in [-0.05, 0) is 36.4 Å². The zero-order chi connectivity index (χ0) is 21.3. The Morgan fingerprint density at radius 3 is 2.38 bits per heavy atom. The van der Waals surface area contributed by atoms with Gasteiger partial charge in [-0.25, -0.2) is 4.79 Å². The number of ether oxygens (including phenoxy) is 1. The van der Waals surface area contributed by atoms with Crippen LogP contribution in [0.2, 0.25) is 0 Å². The van der Waals surface area contributed by atoms with Crippen molar-refractivity contribution in [3.05, 3.63) is 59.7 Å². The highest BCUT2D eigenvalue weighted by atomic mass is 35.5. The Morgan fingerprint density at radius 2 is 1.72 bits per heavy atom. The average Bonchev–Trinajstić information content (AvgIpc) is 2.75. The fourth-order valence-corrected chi connectivity index (χ4v) is 3.12. The Morgan fingerprint density at radius 1 is 1.06 bits per heavy atom. The summed E-state index contributed by atoms with van der Waals surface area (Å²) < 4.78 is 5.38. The van der Waals surface area contributed by atoms with Crippen molar-refractivity contribution < 1.29 is 14.3 Å². The van der Waals surface area contributed by atoms with Crippen molar-refractivity contribution in [3.63, 3.8) is 0 Å². The van der Waals surface area contributed by atoms with Gasteiger partial charge in [0.1, 0.15) is 5.75 Å². The molecule has 0 spiro atoms. The lowest BCUT2D eigenvalue weighted by Gasteiger charge is -2.27. The van der Waals surface area contributed by atoms with Crippen molar-refractivity contribution in [2.24, 2.45) is 5.73 Å². The SMILES string of the molecule is Cl.Cl.N=C(N)Nc1ccccc1C(=O)Oc1ccc(C(=O)NCCN2CCNCC2)cc1. The van der Waals surface area contributed by atoms with Gasteiger partial charge < -0.3 is 26.4 Å². The molecule has 1 heterocycles. The molecule has 0 atom stereocenters. The van der Waals surface area contributed by atoms with E-state index in [2.05, 4.69) is 20.9 Å². The van der Waals surface area contributed by atoms with Gasteiger partial charge in [-0.1, -0.05) is 12.1 Å². The third-order valence-electron chi connectivity index (χ3n) is 4.67. The molecule has 1 fully saturated rings. The van der Waals surface area contributed by atoms with Gasteiger partial charge in [0, 0.05) is 44.8 Å². The summed E-state index contributed by atoms with van der Waals surface area (Å²) in [4.78, 5) is 27.1. The molecule has 2 aromatic carbocycles. The van der Waals surface area contributed by atoms with Gasteiger partial charge in [0.15, 0.2) is 5.96 Å². The second kappa shape index (κ2) is 13.5. The van der Waals surface area contributed by atoms with Gasteiger partial charge >= 0.3 is 5.97 Å². The molecule has 32 heavy (non-hydrogen) atoms. The van der Waals surface area contributed by atoms with Crippen LogP contribution in [-0.2, 0) is 0 Å². The number of carbonyl (C=O) groups is 2. The fourth-order valence-electron chi connectivity index (χ4n) is 3.12. The van der Waals surface area contributed by atoms with Crippen LogP contribution in [0.3, 0.4) is 0 Å². The molecule has 1 aliphatic rings. The number of hydrogen-bond donors (Lipinski definition) is 5. The number of hydrogen-bond acceptors (Lipinski definition) is 6. The molecule has 2 aromatic rings. The standard InChI is InChI=1S/C21H26N6O3.2ClH/c22-21(23)26-18-4-2-1-3-17(18)20(29)30-16-7-5-15(6-8-16)19(28)25-11-14-27-12-9-24-10-13-27;;/h1-8,24H,9-14H2,(H,25,28)(H4,22,23,26);2*1H. The maximum atomic E-state index is 12.5. The van der Waals surface area contributed by atoms with Crippen LogP contribution in [0.25, 0.3) is 0 Å². The molecule has 1 amide bonds. The normalized spacial score (nSPS) is 13.1. The number of piperazine rings is 1. The van der Waals surface area contributed by atoms with E-state index in [-0.39, 0.29) is 42.2 Å². The van der Waals surface area contributed by atoms with Crippen molar-refractivity contribution >= 4 is 48.3 Å². The summed E-state index contributed by atoms with van der Waals surface area (Å²) in [5.74, 6) is -0.718. The molecule has 0 aromatic heterocycles. The summed E-state index contributed by atoms with van der Waals surface area (Å²) in [5.41, 5.74) is 6.48. The Labute approximate surface area is 199 Å². The second-order valence-corrected chi connectivity index (χ2v) is 6.85. The van der Waals surface area contributed by atoms with Crippen LogP contribution in [0.15, 0.2) is 48.5 Å². The fraction of sp³-hybridized carbons (Fsp3) is 0.286. The number of nitrogens with zero attached hydrogens (tertiary/aromatic N) is 1. The zero-order valence-electron chi connectivity index (χ0n) is 17.4. The predicted octanol–water partition coefficient (Wildman–Crippen LogP) is 1.69. The van der Waals surface area contributed by atoms with Gasteiger partial charge in [-0.2, -0.15) is 0 Å². The van der Waals surface area contributed by atoms with E-state index in [9.17, 15) is 9.59 Å². The van der Waals surface area contributed by atoms with Crippen molar-refractivity contribution in [1.29, 1.82) is 5.41 Å². The number of esters is 1. The number of amides is 1. The summed E-state index contributed by atoms with van der Waals surface area (Å²) in [6.07, 6.45) is 0. The van der Waals surface area contributed by atoms with Crippen LogP contribution in [0, 0.1) is 5.41 Å². The number of halogens is 2. The Bertz CT molecular complexity index is 905. The molecule has 0 bridgehead atoms. The van der Waals surface area contributed by atoms with E-state index in [4.69, 9.17) is 15.9 Å².